The zero-order valence-electron chi connectivity index (χ0n) is 24.9. The van der Waals surface area contributed by atoms with Crippen LogP contribution in [0.25, 0.3) is 0 Å². The van der Waals surface area contributed by atoms with E-state index in [2.05, 4.69) is 4.18 Å². The first kappa shape index (κ1) is 49.8. The Hall–Kier alpha value is -0.600. The third kappa shape index (κ3) is 20.0. The maximum atomic E-state index is 12.0. The number of rotatable bonds is 14. The van der Waals surface area contributed by atoms with Gasteiger partial charge in [0.05, 0.1) is 24.4 Å². The van der Waals surface area contributed by atoms with Crippen molar-refractivity contribution in [2.75, 3.05) is 12.7 Å². The normalized spacial score (nSPS) is 14.3. The van der Waals surface area contributed by atoms with Crippen molar-refractivity contribution in [2.45, 2.75) is 96.3 Å². The van der Waals surface area contributed by atoms with Gasteiger partial charge in [0.25, 0.3) is 0 Å². The van der Waals surface area contributed by atoms with Gasteiger partial charge >= 0.3 is 62.1 Å². The van der Waals surface area contributed by atoms with Crippen LogP contribution in [0.2, 0.25) is 0 Å². The summed E-state index contributed by atoms with van der Waals surface area (Å²) in [7, 11) is -26.9. The summed E-state index contributed by atoms with van der Waals surface area (Å²) >= 11 is 0. The number of aliphatic hydroxyl groups is 1. The van der Waals surface area contributed by atoms with Crippen LogP contribution < -0.4 is 0 Å². The molecule has 0 heterocycles. The average molecular weight is 807 g/mol. The van der Waals surface area contributed by atoms with Gasteiger partial charge in [-0.05, 0) is 55.4 Å². The Labute approximate surface area is 259 Å². The molecular formula is C17H33F9O15P2S3. The molecule has 0 amide bonds. The van der Waals surface area contributed by atoms with Gasteiger partial charge in [-0.1, -0.05) is 0 Å². The van der Waals surface area contributed by atoms with E-state index in [4.69, 9.17) is 23.2 Å². The van der Waals surface area contributed by atoms with Gasteiger partial charge in [-0.25, -0.2) is 0 Å². The smallest absolute Gasteiger partial charge is 0.384 e. The van der Waals surface area contributed by atoms with Gasteiger partial charge in [-0.3, -0.25) is 13.3 Å². The predicted octanol–water partition coefficient (Wildman–Crippen LogP) is 5.53. The minimum Gasteiger partial charge on any atom is -0.384 e. The first-order valence-electron chi connectivity index (χ1n) is 11.7. The largest absolute Gasteiger partial charge is 0.524 e. The molecule has 0 aromatic rings. The topological polar surface area (TPSA) is 212 Å². The molecule has 0 aliphatic rings. The van der Waals surface area contributed by atoms with Crippen molar-refractivity contribution in [3.8, 4) is 0 Å². The van der Waals surface area contributed by atoms with Gasteiger partial charge in [-0.2, -0.15) is 64.8 Å². The first-order chi connectivity index (χ1) is 19.9. The summed E-state index contributed by atoms with van der Waals surface area (Å²) in [6.07, 6.45) is -3.58. The third-order valence-electron chi connectivity index (χ3n) is 3.05. The van der Waals surface area contributed by atoms with Crippen LogP contribution in [-0.2, 0) is 65.4 Å². The Morgan fingerprint density at radius 3 is 0.957 bits per heavy atom. The molecule has 0 saturated heterocycles. The zero-order chi connectivity index (χ0) is 38.0. The van der Waals surface area contributed by atoms with Gasteiger partial charge < -0.3 is 23.2 Å². The molecule has 0 fully saturated rings. The van der Waals surface area contributed by atoms with Crippen molar-refractivity contribution in [3.63, 3.8) is 0 Å². The van der Waals surface area contributed by atoms with Crippen molar-refractivity contribution in [3.05, 3.63) is 0 Å². The molecule has 1 N–H and O–H groups in total. The highest BCUT2D eigenvalue weighted by Gasteiger charge is 2.57. The van der Waals surface area contributed by atoms with Crippen molar-refractivity contribution < 1.29 is 105 Å². The highest BCUT2D eigenvalue weighted by molar-refractivity contribution is 8.00. The Bertz CT molecular complexity index is 1270. The molecule has 0 aliphatic heterocycles. The molecule has 0 aromatic heterocycles. The van der Waals surface area contributed by atoms with Crippen molar-refractivity contribution in [1.82, 2.24) is 0 Å². The fourth-order valence-electron chi connectivity index (χ4n) is 1.86. The number of halogens is 9. The molecule has 0 spiro atoms. The summed E-state index contributed by atoms with van der Waals surface area (Å²) in [4.78, 5) is 0. The highest BCUT2D eigenvalue weighted by atomic mass is 32.3. The molecule has 15 nitrogen and oxygen atoms in total. The van der Waals surface area contributed by atoms with E-state index in [0.29, 0.717) is 0 Å². The van der Waals surface area contributed by atoms with Gasteiger partial charge in [-0.15, -0.1) is 3.63 Å². The molecule has 0 aromatic carbocycles. The maximum Gasteiger partial charge on any atom is 0.524 e. The quantitative estimate of drug-likeness (QED) is 0.0989. The first-order valence-corrected chi connectivity index (χ1v) is 19.4. The van der Waals surface area contributed by atoms with Crippen LogP contribution >= 0.6 is 15.2 Å². The molecule has 0 unspecified atom stereocenters. The molecule has 29 heteroatoms. The van der Waals surface area contributed by atoms with E-state index in [1.54, 1.807) is 27.7 Å². The van der Waals surface area contributed by atoms with E-state index >= 15 is 0 Å². The minimum atomic E-state index is -6.85. The number of hydrogen-bond acceptors (Lipinski definition) is 15. The summed E-state index contributed by atoms with van der Waals surface area (Å²) < 4.78 is 214. The monoisotopic (exact) mass is 806 g/mol. The van der Waals surface area contributed by atoms with E-state index in [9.17, 15) is 73.9 Å². The summed E-state index contributed by atoms with van der Waals surface area (Å²) in [6, 6.07) is 0. The van der Waals surface area contributed by atoms with Gasteiger partial charge in [0.1, 0.15) is 6.35 Å². The van der Waals surface area contributed by atoms with Crippen LogP contribution in [0.3, 0.4) is 0 Å². The predicted molar refractivity (Wildman–Crippen MR) is 139 cm³/mol. The third-order valence-corrected chi connectivity index (χ3v) is 10.6. The molecule has 0 rings (SSSR count). The summed E-state index contributed by atoms with van der Waals surface area (Å²) in [6.45, 7) is 12.8. The zero-order valence-corrected chi connectivity index (χ0v) is 29.1. The fourth-order valence-corrected chi connectivity index (χ4v) is 7.55. The maximum absolute atomic E-state index is 12.0. The number of aliphatic hydroxyl groups excluding tert-OH is 1. The van der Waals surface area contributed by atoms with Crippen LogP contribution in [-0.4, -0.2) is 84.0 Å². The van der Waals surface area contributed by atoms with E-state index in [1.807, 2.05) is 3.63 Å². The second-order valence-corrected chi connectivity index (χ2v) is 17.7. The summed E-state index contributed by atoms with van der Waals surface area (Å²) in [5.41, 5.74) is -18.1. The molecule has 0 saturated carbocycles. The van der Waals surface area contributed by atoms with Gasteiger partial charge in [0.15, 0.2) is 6.35 Å². The molecule has 0 bridgehead atoms. The van der Waals surface area contributed by atoms with E-state index in [0.717, 1.165) is 0 Å². The van der Waals surface area contributed by atoms with E-state index < -0.39 is 87.0 Å². The van der Waals surface area contributed by atoms with Crippen molar-refractivity contribution in [1.29, 1.82) is 0 Å². The molecule has 0 atom stereocenters. The van der Waals surface area contributed by atoms with Crippen LogP contribution in [0.1, 0.15) is 55.4 Å². The highest BCUT2D eigenvalue weighted by Crippen LogP contribution is 2.51. The van der Waals surface area contributed by atoms with Crippen LogP contribution in [0.5, 0.6) is 0 Å². The lowest BCUT2D eigenvalue weighted by Crippen LogP contribution is -2.34. The molecular weight excluding hydrogens is 773 g/mol. The van der Waals surface area contributed by atoms with Crippen molar-refractivity contribution in [2.24, 2.45) is 0 Å². The Morgan fingerprint density at radius 1 is 0.522 bits per heavy atom. The molecule has 0 radical (unpaired) electrons. The lowest BCUT2D eigenvalue weighted by molar-refractivity contribution is -0.0586. The van der Waals surface area contributed by atoms with Gasteiger partial charge in [0.2, 0.25) is 0 Å². The second kappa shape index (κ2) is 18.4. The number of alkyl halides is 9. The number of hydrogen-bond donors (Lipinski definition) is 1. The standard InChI is InChI=1S/C8H16F3O6PS.C7H17O4P.C2F6O5S2/c1-6(2)16-18(12,17-7(3)4)5-15-19(13,14)8(9,10)11;1-6(2)10-12(9,5-8)11-7(3)4;3-1(4,5)14(9,10)13-15(11,12)2(6,7)8/h6-7H,5H2,1-4H3;6-8H,5H2,1-4H3;. The van der Waals surface area contributed by atoms with Crippen molar-refractivity contribution >= 4 is 45.5 Å². The molecule has 46 heavy (non-hydrogen) atoms. The van der Waals surface area contributed by atoms with Crippen LogP contribution in [0.15, 0.2) is 0 Å². The van der Waals surface area contributed by atoms with Crippen LogP contribution in [0.4, 0.5) is 39.5 Å². The summed E-state index contributed by atoms with van der Waals surface area (Å²) in [5, 5.41) is 8.77. The van der Waals surface area contributed by atoms with Crippen LogP contribution in [0, 0.1) is 0 Å². The van der Waals surface area contributed by atoms with E-state index in [1.165, 1.54) is 27.7 Å². The summed E-state index contributed by atoms with van der Waals surface area (Å²) in [5.74, 6) is 0. The fraction of sp³-hybridized carbons (Fsp3) is 1.00. The lowest BCUT2D eigenvalue weighted by Gasteiger charge is -2.22. The Kier molecular flexibility index (Phi) is 19.9. The lowest BCUT2D eigenvalue weighted by atomic mass is 10.5. The SMILES string of the molecule is CC(C)OP(=O)(CO)OC(C)C.CC(C)OP(=O)(COS(=O)(=O)C(F)(F)F)OC(C)C.O=S(=O)(OS(=O)(=O)C(F)(F)F)C(F)(F)F. The average Bonchev–Trinajstić information content (AvgIpc) is 2.73. The van der Waals surface area contributed by atoms with Gasteiger partial charge in [0, 0.05) is 0 Å². The molecule has 282 valence electrons. The molecule has 0 aliphatic carbocycles. The Morgan fingerprint density at radius 2 is 0.761 bits per heavy atom. The van der Waals surface area contributed by atoms with E-state index in [-0.39, 0.29) is 12.2 Å². The second-order valence-electron chi connectivity index (χ2n) is 8.99. The minimum absolute atomic E-state index is 0.207. The Balaban J connectivity index is -0.000000620.